The lowest BCUT2D eigenvalue weighted by Crippen LogP contribution is -2.56. The minimum Gasteiger partial charge on any atom is -0.479 e. The minimum atomic E-state index is -1.06. The van der Waals surface area contributed by atoms with Crippen LogP contribution in [0.1, 0.15) is 70.0 Å². The first-order chi connectivity index (χ1) is 10.9. The first kappa shape index (κ1) is 17.4. The van der Waals surface area contributed by atoms with Crippen LogP contribution in [0.25, 0.3) is 0 Å². The molecule has 0 atom stereocenters. The van der Waals surface area contributed by atoms with E-state index in [9.17, 15) is 14.7 Å². The number of rotatable bonds is 6. The molecule has 1 aromatic rings. The van der Waals surface area contributed by atoms with Crippen LogP contribution in [-0.2, 0) is 16.0 Å². The molecular weight excluding hydrogens is 298 g/mol. The number of likely N-dealkylation sites (N-methyl/N-ethyl adjacent to an activating group) is 1. The highest BCUT2D eigenvalue weighted by Gasteiger charge is 2.45. The molecule has 7 nitrogen and oxygen atoms in total. The minimum absolute atomic E-state index is 0.170. The highest BCUT2D eigenvalue weighted by Crippen LogP contribution is 2.33. The molecule has 1 aliphatic carbocycles. The van der Waals surface area contributed by atoms with Crippen molar-refractivity contribution in [2.45, 2.75) is 70.3 Å². The van der Waals surface area contributed by atoms with Gasteiger partial charge in [0.2, 0.25) is 11.8 Å². The Morgan fingerprint density at radius 1 is 1.30 bits per heavy atom. The van der Waals surface area contributed by atoms with Gasteiger partial charge in [0.15, 0.2) is 5.82 Å². The van der Waals surface area contributed by atoms with Gasteiger partial charge in [0, 0.05) is 25.8 Å². The maximum absolute atomic E-state index is 12.4. The Balaban J connectivity index is 1.99. The lowest BCUT2D eigenvalue weighted by molar-refractivity contribution is -0.160. The Morgan fingerprint density at radius 2 is 1.96 bits per heavy atom. The molecular formula is C16H25N3O4. The number of aliphatic carboxylic acids is 1. The number of carboxylic acid groups (broad SMARTS) is 1. The Hall–Kier alpha value is -1.92. The van der Waals surface area contributed by atoms with Crippen LogP contribution in [0.2, 0.25) is 0 Å². The van der Waals surface area contributed by atoms with Crippen molar-refractivity contribution in [2.75, 3.05) is 7.05 Å². The fourth-order valence-electron chi connectivity index (χ4n) is 3.05. The molecule has 128 valence electrons. The quantitative estimate of drug-likeness (QED) is 0.863. The average molecular weight is 323 g/mol. The second kappa shape index (κ2) is 7.10. The number of carboxylic acids is 1. The summed E-state index contributed by atoms with van der Waals surface area (Å²) in [6, 6.07) is 0. The van der Waals surface area contributed by atoms with Gasteiger partial charge in [-0.25, -0.2) is 4.79 Å². The molecule has 7 heteroatoms. The monoisotopic (exact) mass is 323 g/mol. The van der Waals surface area contributed by atoms with Crippen LogP contribution in [0.4, 0.5) is 0 Å². The van der Waals surface area contributed by atoms with Gasteiger partial charge in [-0.15, -0.1) is 0 Å². The molecule has 0 bridgehead atoms. The summed E-state index contributed by atoms with van der Waals surface area (Å²) in [4.78, 5) is 29.8. The fraction of sp³-hybridized carbons (Fsp3) is 0.750. The number of carbonyl (C=O) groups excluding carboxylic acids is 1. The van der Waals surface area contributed by atoms with E-state index in [0.29, 0.717) is 31.0 Å². The highest BCUT2D eigenvalue weighted by molar-refractivity contribution is 5.87. The predicted octanol–water partition coefficient (Wildman–Crippen LogP) is 2.37. The van der Waals surface area contributed by atoms with Crippen molar-refractivity contribution in [3.63, 3.8) is 0 Å². The van der Waals surface area contributed by atoms with Crippen molar-refractivity contribution < 1.29 is 19.2 Å². The summed E-state index contributed by atoms with van der Waals surface area (Å²) >= 11 is 0. The zero-order chi connectivity index (χ0) is 17.0. The Kier molecular flexibility index (Phi) is 5.38. The predicted molar refractivity (Wildman–Crippen MR) is 82.9 cm³/mol. The first-order valence-corrected chi connectivity index (χ1v) is 8.19. The Labute approximate surface area is 136 Å². The zero-order valence-electron chi connectivity index (χ0n) is 14.0. The van der Waals surface area contributed by atoms with Gasteiger partial charge in [0.25, 0.3) is 0 Å². The number of amides is 1. The van der Waals surface area contributed by atoms with Crippen molar-refractivity contribution in [1.82, 2.24) is 15.0 Å². The largest absolute Gasteiger partial charge is 0.479 e. The third-order valence-corrected chi connectivity index (χ3v) is 4.65. The fourth-order valence-corrected chi connectivity index (χ4v) is 3.05. The number of hydrogen-bond acceptors (Lipinski definition) is 5. The Bertz CT molecular complexity index is 561. The van der Waals surface area contributed by atoms with Crippen LogP contribution in [0.15, 0.2) is 4.52 Å². The molecule has 0 aromatic carbocycles. The van der Waals surface area contributed by atoms with Gasteiger partial charge in [-0.2, -0.15) is 4.98 Å². The molecule has 0 radical (unpaired) electrons. The van der Waals surface area contributed by atoms with Gasteiger partial charge < -0.3 is 14.5 Å². The highest BCUT2D eigenvalue weighted by atomic mass is 16.5. The molecule has 1 aromatic heterocycles. The van der Waals surface area contributed by atoms with Crippen LogP contribution >= 0.6 is 0 Å². The van der Waals surface area contributed by atoms with Crippen molar-refractivity contribution in [1.29, 1.82) is 0 Å². The normalized spacial score (nSPS) is 17.2. The van der Waals surface area contributed by atoms with Crippen molar-refractivity contribution in [2.24, 2.45) is 0 Å². The summed E-state index contributed by atoms with van der Waals surface area (Å²) in [6.07, 6.45) is 4.24. The number of nitrogens with zero attached hydrogens (tertiary/aromatic N) is 3. The van der Waals surface area contributed by atoms with Gasteiger partial charge in [0.05, 0.1) is 0 Å². The third-order valence-electron chi connectivity index (χ3n) is 4.65. The number of carbonyl (C=O) groups is 2. The molecule has 0 spiro atoms. The van der Waals surface area contributed by atoms with Gasteiger partial charge >= 0.3 is 5.97 Å². The van der Waals surface area contributed by atoms with Crippen LogP contribution in [-0.4, -0.2) is 44.6 Å². The maximum Gasteiger partial charge on any atom is 0.329 e. The van der Waals surface area contributed by atoms with E-state index in [-0.39, 0.29) is 18.2 Å². The number of aryl methyl sites for hydroxylation is 1. The topological polar surface area (TPSA) is 96.5 Å². The summed E-state index contributed by atoms with van der Waals surface area (Å²) in [7, 11) is 1.59. The van der Waals surface area contributed by atoms with Gasteiger partial charge in [0.1, 0.15) is 5.54 Å². The second-order valence-corrected chi connectivity index (χ2v) is 6.55. The molecule has 0 unspecified atom stereocenters. The third kappa shape index (κ3) is 3.71. The van der Waals surface area contributed by atoms with Crippen molar-refractivity contribution in [3.05, 3.63) is 11.7 Å². The molecule has 1 saturated carbocycles. The van der Waals surface area contributed by atoms with Gasteiger partial charge in [-0.05, 0) is 12.8 Å². The summed E-state index contributed by atoms with van der Waals surface area (Å²) in [5, 5.41) is 13.5. The maximum atomic E-state index is 12.4. The number of hydrogen-bond donors (Lipinski definition) is 1. The lowest BCUT2D eigenvalue weighted by atomic mass is 9.80. The van der Waals surface area contributed by atoms with Crippen molar-refractivity contribution >= 4 is 11.9 Å². The standard InChI is InChI=1S/C16H25N3O4/c1-11(2)14-17-12(23-18-14)7-8-13(20)19(3)16(15(21)22)9-5-4-6-10-16/h11H,4-10H2,1-3H3,(H,21,22). The molecule has 1 fully saturated rings. The van der Waals surface area contributed by atoms with E-state index in [1.54, 1.807) is 7.05 Å². The molecule has 1 heterocycles. The summed E-state index contributed by atoms with van der Waals surface area (Å²) in [5.41, 5.74) is -1.06. The van der Waals surface area contributed by atoms with Crippen LogP contribution in [0, 0.1) is 0 Å². The molecule has 1 aliphatic rings. The average Bonchev–Trinajstić information content (AvgIpc) is 3.01. The van der Waals surface area contributed by atoms with Crippen molar-refractivity contribution in [3.8, 4) is 0 Å². The van der Waals surface area contributed by atoms with Crippen LogP contribution < -0.4 is 0 Å². The smallest absolute Gasteiger partial charge is 0.329 e. The van der Waals surface area contributed by atoms with Crippen LogP contribution in [0.3, 0.4) is 0 Å². The van der Waals surface area contributed by atoms with E-state index in [2.05, 4.69) is 10.1 Å². The molecule has 2 rings (SSSR count). The first-order valence-electron chi connectivity index (χ1n) is 8.19. The summed E-state index contributed by atoms with van der Waals surface area (Å²) < 4.78 is 5.13. The van der Waals surface area contributed by atoms with E-state index < -0.39 is 11.5 Å². The Morgan fingerprint density at radius 3 is 2.48 bits per heavy atom. The molecule has 0 saturated heterocycles. The van der Waals surface area contributed by atoms with Gasteiger partial charge in [-0.1, -0.05) is 38.3 Å². The van der Waals surface area contributed by atoms with Gasteiger partial charge in [-0.3, -0.25) is 4.79 Å². The van der Waals surface area contributed by atoms with E-state index in [4.69, 9.17) is 4.52 Å². The summed E-state index contributed by atoms with van der Waals surface area (Å²) in [5.74, 6) is 0.105. The van der Waals surface area contributed by atoms with Crippen LogP contribution in [0.5, 0.6) is 0 Å². The summed E-state index contributed by atoms with van der Waals surface area (Å²) in [6.45, 7) is 3.93. The molecule has 1 N–H and O–H groups in total. The van der Waals surface area contributed by atoms with E-state index in [0.717, 1.165) is 19.3 Å². The second-order valence-electron chi connectivity index (χ2n) is 6.55. The SMILES string of the molecule is CC(C)c1noc(CCC(=O)N(C)C2(C(=O)O)CCCCC2)n1. The van der Waals surface area contributed by atoms with E-state index in [1.165, 1.54) is 4.90 Å². The lowest BCUT2D eigenvalue weighted by Gasteiger charge is -2.41. The van der Waals surface area contributed by atoms with E-state index >= 15 is 0 Å². The zero-order valence-corrected chi connectivity index (χ0v) is 14.0. The molecule has 0 aliphatic heterocycles. The van der Waals surface area contributed by atoms with E-state index in [1.807, 2.05) is 13.8 Å². The molecule has 1 amide bonds. The molecule has 23 heavy (non-hydrogen) atoms. The number of aromatic nitrogens is 2.